The zero-order valence-electron chi connectivity index (χ0n) is 14.9. The lowest BCUT2D eigenvalue weighted by molar-refractivity contribution is 0.112. The van der Waals surface area contributed by atoms with E-state index in [9.17, 15) is 4.79 Å². The van der Waals surface area contributed by atoms with Gasteiger partial charge in [-0.3, -0.25) is 4.79 Å². The molecule has 0 N–H and O–H groups in total. The first-order chi connectivity index (χ1) is 13.3. The van der Waals surface area contributed by atoms with Gasteiger partial charge in [-0.1, -0.05) is 18.2 Å². The average molecular weight is 357 g/mol. The summed E-state index contributed by atoms with van der Waals surface area (Å²) in [7, 11) is 0. The van der Waals surface area contributed by atoms with Crippen LogP contribution in [0.5, 0.6) is 11.5 Å². The van der Waals surface area contributed by atoms with E-state index in [0.29, 0.717) is 18.8 Å². The van der Waals surface area contributed by atoms with Crippen molar-refractivity contribution in [1.82, 2.24) is 0 Å². The number of hydrogen-bond acceptors (Lipinski definition) is 4. The topological polar surface area (TPSA) is 38.8 Å². The molecule has 3 aromatic rings. The SMILES string of the molecule is O=Cc1ccc(N2CCc3c(-c4ccc5c(c4)OCCO5)cccc32)cc1. The Bertz CT molecular complexity index is 1010. The maximum Gasteiger partial charge on any atom is 0.161 e. The summed E-state index contributed by atoms with van der Waals surface area (Å²) in [5, 5.41) is 0. The van der Waals surface area contributed by atoms with Crippen molar-refractivity contribution in [2.24, 2.45) is 0 Å². The van der Waals surface area contributed by atoms with Gasteiger partial charge in [0.1, 0.15) is 19.5 Å². The van der Waals surface area contributed by atoms with Crippen LogP contribution in [0.3, 0.4) is 0 Å². The van der Waals surface area contributed by atoms with Crippen LogP contribution in [-0.2, 0) is 6.42 Å². The van der Waals surface area contributed by atoms with E-state index in [-0.39, 0.29) is 0 Å². The lowest BCUT2D eigenvalue weighted by Gasteiger charge is -2.21. The maximum absolute atomic E-state index is 10.9. The fraction of sp³-hybridized carbons (Fsp3) is 0.174. The van der Waals surface area contributed by atoms with Crippen molar-refractivity contribution < 1.29 is 14.3 Å². The number of nitrogens with zero attached hydrogens (tertiary/aromatic N) is 1. The van der Waals surface area contributed by atoms with E-state index >= 15 is 0 Å². The maximum atomic E-state index is 10.9. The summed E-state index contributed by atoms with van der Waals surface area (Å²) in [6.45, 7) is 2.12. The van der Waals surface area contributed by atoms with E-state index in [1.165, 1.54) is 16.8 Å². The monoisotopic (exact) mass is 357 g/mol. The highest BCUT2D eigenvalue weighted by Crippen LogP contribution is 2.42. The van der Waals surface area contributed by atoms with Gasteiger partial charge in [0.25, 0.3) is 0 Å². The van der Waals surface area contributed by atoms with Crippen molar-refractivity contribution >= 4 is 17.7 Å². The summed E-state index contributed by atoms with van der Waals surface area (Å²) in [4.78, 5) is 13.2. The number of benzene rings is 3. The molecule has 3 aromatic carbocycles. The van der Waals surface area contributed by atoms with Crippen molar-refractivity contribution in [3.05, 3.63) is 71.8 Å². The summed E-state index contributed by atoms with van der Waals surface area (Å²) >= 11 is 0. The fourth-order valence-electron chi connectivity index (χ4n) is 3.92. The van der Waals surface area contributed by atoms with E-state index in [1.54, 1.807) is 0 Å². The quantitative estimate of drug-likeness (QED) is 0.641. The zero-order valence-corrected chi connectivity index (χ0v) is 14.9. The third-order valence-corrected chi connectivity index (χ3v) is 5.22. The van der Waals surface area contributed by atoms with E-state index in [4.69, 9.17) is 9.47 Å². The van der Waals surface area contributed by atoms with Gasteiger partial charge in [0, 0.05) is 23.5 Å². The number of aldehydes is 1. The minimum absolute atomic E-state index is 0.591. The molecule has 0 fully saturated rings. The fourth-order valence-corrected chi connectivity index (χ4v) is 3.92. The van der Waals surface area contributed by atoms with Gasteiger partial charge in [-0.2, -0.15) is 0 Å². The van der Waals surface area contributed by atoms with Crippen LogP contribution in [0.4, 0.5) is 11.4 Å². The van der Waals surface area contributed by atoms with Crippen molar-refractivity contribution in [1.29, 1.82) is 0 Å². The highest BCUT2D eigenvalue weighted by atomic mass is 16.6. The molecule has 0 radical (unpaired) electrons. The summed E-state index contributed by atoms with van der Waals surface area (Å²) in [5.41, 5.74) is 6.75. The van der Waals surface area contributed by atoms with E-state index in [2.05, 4.69) is 35.2 Å². The Morgan fingerprint density at radius 1 is 0.889 bits per heavy atom. The number of carbonyl (C=O) groups excluding carboxylic acids is 1. The Hall–Kier alpha value is -3.27. The second-order valence-electron chi connectivity index (χ2n) is 6.77. The summed E-state index contributed by atoms with van der Waals surface area (Å²) in [5.74, 6) is 1.63. The van der Waals surface area contributed by atoms with Crippen molar-refractivity contribution in [2.45, 2.75) is 6.42 Å². The molecule has 0 unspecified atom stereocenters. The highest BCUT2D eigenvalue weighted by molar-refractivity contribution is 5.82. The third kappa shape index (κ3) is 2.74. The normalized spacial score (nSPS) is 14.7. The van der Waals surface area contributed by atoms with Crippen LogP contribution in [0.1, 0.15) is 15.9 Å². The summed E-state index contributed by atoms with van der Waals surface area (Å²) < 4.78 is 11.4. The van der Waals surface area contributed by atoms with Gasteiger partial charge in [-0.25, -0.2) is 0 Å². The van der Waals surface area contributed by atoms with Crippen LogP contribution in [0.25, 0.3) is 11.1 Å². The largest absolute Gasteiger partial charge is 0.486 e. The molecule has 2 aliphatic rings. The summed E-state index contributed by atoms with van der Waals surface area (Å²) in [6, 6.07) is 20.4. The molecule has 2 aliphatic heterocycles. The molecule has 134 valence electrons. The number of hydrogen-bond donors (Lipinski definition) is 0. The molecule has 0 atom stereocenters. The van der Waals surface area contributed by atoms with Crippen LogP contribution < -0.4 is 14.4 Å². The Kier molecular flexibility index (Phi) is 3.82. The van der Waals surface area contributed by atoms with Gasteiger partial charge < -0.3 is 14.4 Å². The molecule has 27 heavy (non-hydrogen) atoms. The van der Waals surface area contributed by atoms with Crippen LogP contribution >= 0.6 is 0 Å². The lowest BCUT2D eigenvalue weighted by atomic mass is 9.97. The zero-order chi connectivity index (χ0) is 18.2. The molecule has 4 nitrogen and oxygen atoms in total. The molecule has 0 saturated carbocycles. The minimum Gasteiger partial charge on any atom is -0.486 e. The Labute approximate surface area is 158 Å². The molecule has 5 rings (SSSR count). The van der Waals surface area contributed by atoms with Gasteiger partial charge in [0.15, 0.2) is 11.5 Å². The smallest absolute Gasteiger partial charge is 0.161 e. The first kappa shape index (κ1) is 15.9. The summed E-state index contributed by atoms with van der Waals surface area (Å²) in [6.07, 6.45) is 1.86. The number of fused-ring (bicyclic) bond motifs is 2. The van der Waals surface area contributed by atoms with Gasteiger partial charge in [0.05, 0.1) is 0 Å². The predicted molar refractivity (Wildman–Crippen MR) is 105 cm³/mol. The van der Waals surface area contributed by atoms with Crippen molar-refractivity contribution in [3.8, 4) is 22.6 Å². The molecule has 2 heterocycles. The second-order valence-corrected chi connectivity index (χ2v) is 6.77. The standard InChI is InChI=1S/C23H19NO3/c25-15-16-4-7-18(8-5-16)24-11-10-20-19(2-1-3-21(20)24)17-6-9-22-23(14-17)27-13-12-26-22/h1-9,14-15H,10-13H2. The molecule has 0 amide bonds. The Morgan fingerprint density at radius 2 is 1.70 bits per heavy atom. The first-order valence-corrected chi connectivity index (χ1v) is 9.18. The molecule has 0 aliphatic carbocycles. The minimum atomic E-state index is 0.591. The molecule has 4 heteroatoms. The van der Waals surface area contributed by atoms with Gasteiger partial charge in [-0.15, -0.1) is 0 Å². The molecule has 0 spiro atoms. The van der Waals surface area contributed by atoms with Crippen molar-refractivity contribution in [2.75, 3.05) is 24.7 Å². The van der Waals surface area contributed by atoms with Gasteiger partial charge >= 0.3 is 0 Å². The lowest BCUT2D eigenvalue weighted by Crippen LogP contribution is -2.15. The Balaban J connectivity index is 1.54. The first-order valence-electron chi connectivity index (χ1n) is 9.18. The molecular weight excluding hydrogens is 338 g/mol. The number of carbonyl (C=O) groups is 1. The molecule has 0 bridgehead atoms. The Morgan fingerprint density at radius 3 is 2.52 bits per heavy atom. The van der Waals surface area contributed by atoms with E-state index in [1.807, 2.05) is 30.3 Å². The second kappa shape index (κ2) is 6.47. The average Bonchev–Trinajstić information content (AvgIpc) is 3.18. The van der Waals surface area contributed by atoms with Gasteiger partial charge in [-0.05, 0) is 65.6 Å². The molecule has 0 aromatic heterocycles. The molecule has 0 saturated heterocycles. The van der Waals surface area contributed by atoms with E-state index in [0.717, 1.165) is 42.0 Å². The van der Waals surface area contributed by atoms with Crippen LogP contribution in [0, 0.1) is 0 Å². The van der Waals surface area contributed by atoms with Crippen LogP contribution in [-0.4, -0.2) is 26.0 Å². The van der Waals surface area contributed by atoms with Crippen LogP contribution in [0.2, 0.25) is 0 Å². The molecular formula is C23H19NO3. The third-order valence-electron chi connectivity index (χ3n) is 5.22. The van der Waals surface area contributed by atoms with Gasteiger partial charge in [0.2, 0.25) is 0 Å². The van der Waals surface area contributed by atoms with E-state index < -0.39 is 0 Å². The highest BCUT2D eigenvalue weighted by Gasteiger charge is 2.24. The number of rotatable bonds is 3. The number of anilines is 2. The van der Waals surface area contributed by atoms with Crippen LogP contribution in [0.15, 0.2) is 60.7 Å². The van der Waals surface area contributed by atoms with Crippen molar-refractivity contribution in [3.63, 3.8) is 0 Å². The predicted octanol–water partition coefficient (Wildman–Crippen LogP) is 4.63. The number of ether oxygens (including phenoxy) is 2.